The molecule has 1 aromatic carbocycles. The first kappa shape index (κ1) is 10.6. The lowest BCUT2D eigenvalue weighted by Gasteiger charge is -1.98. The first-order chi connectivity index (χ1) is 7.20. The van der Waals surface area contributed by atoms with Gasteiger partial charge in [0.2, 0.25) is 0 Å². The Bertz CT molecular complexity index is 484. The van der Waals surface area contributed by atoms with E-state index in [0.717, 1.165) is 15.6 Å². The lowest BCUT2D eigenvalue weighted by Crippen LogP contribution is -1.82. The number of rotatable bonds is 2. The van der Waals surface area contributed by atoms with E-state index in [4.69, 9.17) is 16.1 Å². The molecule has 3 nitrogen and oxygen atoms in total. The van der Waals surface area contributed by atoms with Crippen LogP contribution in [0.2, 0.25) is 0 Å². The second-order valence-corrected chi connectivity index (χ2v) is 4.23. The van der Waals surface area contributed by atoms with Crippen molar-refractivity contribution in [3.05, 3.63) is 34.1 Å². The van der Waals surface area contributed by atoms with Gasteiger partial charge in [0.15, 0.2) is 5.82 Å². The number of alkyl halides is 1. The number of aryl methyl sites for hydroxylation is 1. The van der Waals surface area contributed by atoms with Gasteiger partial charge in [-0.05, 0) is 24.6 Å². The fraction of sp³-hybridized carbons (Fsp3) is 0.200. The molecule has 0 unspecified atom stereocenters. The molecule has 0 fully saturated rings. The molecule has 1 aromatic heterocycles. The molecule has 15 heavy (non-hydrogen) atoms. The van der Waals surface area contributed by atoms with Gasteiger partial charge >= 0.3 is 0 Å². The van der Waals surface area contributed by atoms with E-state index < -0.39 is 0 Å². The van der Waals surface area contributed by atoms with Crippen molar-refractivity contribution in [1.29, 1.82) is 0 Å². The Morgan fingerprint density at radius 1 is 1.47 bits per heavy atom. The molecule has 0 bridgehead atoms. The highest BCUT2D eigenvalue weighted by Gasteiger charge is 2.08. The zero-order valence-corrected chi connectivity index (χ0v) is 10.3. The number of nitrogens with zero attached hydrogens (tertiary/aromatic N) is 2. The first-order valence-corrected chi connectivity index (χ1v) is 5.68. The monoisotopic (exact) mass is 286 g/mol. The van der Waals surface area contributed by atoms with Gasteiger partial charge in [-0.2, -0.15) is 4.98 Å². The molecular weight excluding hydrogens is 279 g/mol. The molecule has 0 N–H and O–H groups in total. The maximum Gasteiger partial charge on any atom is 0.258 e. The highest BCUT2D eigenvalue weighted by molar-refractivity contribution is 9.10. The minimum absolute atomic E-state index is 0.260. The fourth-order valence-electron chi connectivity index (χ4n) is 1.15. The van der Waals surface area contributed by atoms with Gasteiger partial charge in [0, 0.05) is 10.0 Å². The summed E-state index contributed by atoms with van der Waals surface area (Å²) >= 11 is 9.04. The summed E-state index contributed by atoms with van der Waals surface area (Å²) in [5.74, 6) is 1.26. The van der Waals surface area contributed by atoms with Crippen molar-refractivity contribution in [3.63, 3.8) is 0 Å². The Labute approximate surface area is 101 Å². The summed E-state index contributed by atoms with van der Waals surface area (Å²) in [5.41, 5.74) is 2.05. The van der Waals surface area contributed by atoms with Gasteiger partial charge < -0.3 is 4.52 Å². The zero-order chi connectivity index (χ0) is 10.8. The Morgan fingerprint density at radius 2 is 2.27 bits per heavy atom. The van der Waals surface area contributed by atoms with E-state index in [-0.39, 0.29) is 5.88 Å². The van der Waals surface area contributed by atoms with E-state index in [1.165, 1.54) is 0 Å². The van der Waals surface area contributed by atoms with Crippen LogP contribution < -0.4 is 0 Å². The molecular formula is C10H8BrClN2O. The van der Waals surface area contributed by atoms with Gasteiger partial charge in [0.25, 0.3) is 5.89 Å². The molecule has 0 spiro atoms. The van der Waals surface area contributed by atoms with Crippen molar-refractivity contribution in [3.8, 4) is 11.5 Å². The molecule has 2 aromatic rings. The van der Waals surface area contributed by atoms with Crippen LogP contribution in [0.1, 0.15) is 11.4 Å². The average Bonchev–Trinajstić information content (AvgIpc) is 2.70. The number of hydrogen-bond donors (Lipinski definition) is 0. The van der Waals surface area contributed by atoms with Crippen LogP contribution in [0.25, 0.3) is 11.5 Å². The van der Waals surface area contributed by atoms with E-state index in [1.807, 2.05) is 25.1 Å². The Hall–Kier alpha value is -0.870. The van der Waals surface area contributed by atoms with Crippen molar-refractivity contribution in [2.45, 2.75) is 12.8 Å². The minimum atomic E-state index is 0.260. The maximum atomic E-state index is 5.59. The normalized spacial score (nSPS) is 10.6. The van der Waals surface area contributed by atoms with E-state index in [0.29, 0.717) is 11.7 Å². The summed E-state index contributed by atoms with van der Waals surface area (Å²) < 4.78 is 6.09. The smallest absolute Gasteiger partial charge is 0.258 e. The van der Waals surface area contributed by atoms with E-state index in [1.54, 1.807) is 0 Å². The van der Waals surface area contributed by atoms with Crippen LogP contribution >= 0.6 is 27.5 Å². The maximum absolute atomic E-state index is 5.59. The molecule has 5 heteroatoms. The summed E-state index contributed by atoms with van der Waals surface area (Å²) in [4.78, 5) is 4.14. The lowest BCUT2D eigenvalue weighted by molar-refractivity contribution is 0.425. The second kappa shape index (κ2) is 4.33. The zero-order valence-electron chi connectivity index (χ0n) is 8.00. The molecule has 0 saturated carbocycles. The molecule has 1 heterocycles. The molecule has 0 aliphatic heterocycles. The van der Waals surface area contributed by atoms with E-state index >= 15 is 0 Å². The Balaban J connectivity index is 2.40. The molecule has 2 rings (SSSR count). The molecule has 78 valence electrons. The topological polar surface area (TPSA) is 38.9 Å². The largest absolute Gasteiger partial charge is 0.334 e. The summed E-state index contributed by atoms with van der Waals surface area (Å²) in [6.07, 6.45) is 0. The third kappa shape index (κ3) is 2.21. The summed E-state index contributed by atoms with van der Waals surface area (Å²) in [5, 5.41) is 3.73. The van der Waals surface area contributed by atoms with Crippen LogP contribution in [-0.2, 0) is 5.88 Å². The second-order valence-electron chi connectivity index (χ2n) is 3.11. The van der Waals surface area contributed by atoms with Crippen molar-refractivity contribution in [2.24, 2.45) is 0 Å². The van der Waals surface area contributed by atoms with Crippen LogP contribution in [0, 0.1) is 6.92 Å². The Morgan fingerprint density at radius 3 is 2.87 bits per heavy atom. The van der Waals surface area contributed by atoms with Crippen LogP contribution in [0.3, 0.4) is 0 Å². The van der Waals surface area contributed by atoms with E-state index in [9.17, 15) is 0 Å². The number of aromatic nitrogens is 2. The highest BCUT2D eigenvalue weighted by Crippen LogP contribution is 2.24. The van der Waals surface area contributed by atoms with Gasteiger partial charge in [-0.3, -0.25) is 0 Å². The molecule has 0 amide bonds. The summed E-state index contributed by atoms with van der Waals surface area (Å²) in [7, 11) is 0. The standard InChI is InChI=1S/C10H8BrClN2O/c1-6-2-3-7(4-8(6)11)10-13-9(5-12)14-15-10/h2-4H,5H2,1H3. The predicted molar refractivity (Wildman–Crippen MR) is 61.7 cm³/mol. The SMILES string of the molecule is Cc1ccc(-c2nc(CCl)no2)cc1Br. The van der Waals surface area contributed by atoms with Gasteiger partial charge in [0.05, 0.1) is 5.88 Å². The molecule has 0 atom stereocenters. The van der Waals surface area contributed by atoms with Gasteiger partial charge in [0.1, 0.15) is 0 Å². The van der Waals surface area contributed by atoms with Crippen molar-refractivity contribution in [2.75, 3.05) is 0 Å². The fourth-order valence-corrected chi connectivity index (χ4v) is 1.64. The van der Waals surface area contributed by atoms with E-state index in [2.05, 4.69) is 26.1 Å². The van der Waals surface area contributed by atoms with Crippen LogP contribution in [0.5, 0.6) is 0 Å². The average molecular weight is 288 g/mol. The van der Waals surface area contributed by atoms with Crippen molar-refractivity contribution < 1.29 is 4.52 Å². The van der Waals surface area contributed by atoms with Crippen LogP contribution in [0.15, 0.2) is 27.2 Å². The number of benzene rings is 1. The number of hydrogen-bond acceptors (Lipinski definition) is 3. The molecule has 0 radical (unpaired) electrons. The quantitative estimate of drug-likeness (QED) is 0.793. The van der Waals surface area contributed by atoms with Gasteiger partial charge in [-0.25, -0.2) is 0 Å². The third-order valence-electron chi connectivity index (χ3n) is 2.01. The van der Waals surface area contributed by atoms with Gasteiger partial charge in [-0.15, -0.1) is 11.6 Å². The molecule has 0 aliphatic rings. The third-order valence-corrected chi connectivity index (χ3v) is 3.10. The van der Waals surface area contributed by atoms with Crippen molar-refractivity contribution >= 4 is 27.5 Å². The Kier molecular flexibility index (Phi) is 3.07. The summed E-state index contributed by atoms with van der Waals surface area (Å²) in [6, 6.07) is 5.87. The predicted octanol–water partition coefficient (Wildman–Crippen LogP) is 3.55. The minimum Gasteiger partial charge on any atom is -0.334 e. The first-order valence-electron chi connectivity index (χ1n) is 4.36. The molecule has 0 saturated heterocycles. The highest BCUT2D eigenvalue weighted by atomic mass is 79.9. The van der Waals surface area contributed by atoms with Crippen molar-refractivity contribution in [1.82, 2.24) is 10.1 Å². The van der Waals surface area contributed by atoms with Crippen LogP contribution in [-0.4, -0.2) is 10.1 Å². The number of halogens is 2. The molecule has 0 aliphatic carbocycles. The summed E-state index contributed by atoms with van der Waals surface area (Å²) in [6.45, 7) is 2.02. The van der Waals surface area contributed by atoms with Crippen LogP contribution in [0.4, 0.5) is 0 Å². The van der Waals surface area contributed by atoms with Gasteiger partial charge in [-0.1, -0.05) is 27.2 Å². The lowest BCUT2D eigenvalue weighted by atomic mass is 10.1.